The van der Waals surface area contributed by atoms with Gasteiger partial charge < -0.3 is 33.5 Å². The van der Waals surface area contributed by atoms with E-state index in [1.165, 1.54) is 26.7 Å². The molecule has 0 fully saturated rings. The first kappa shape index (κ1) is 17.8. The smallest absolute Gasteiger partial charge is 0.170 e. The van der Waals surface area contributed by atoms with Gasteiger partial charge in [0.15, 0.2) is 24.0 Å². The van der Waals surface area contributed by atoms with Crippen LogP contribution < -0.4 is 0 Å². The van der Waals surface area contributed by atoms with Crippen molar-refractivity contribution < 1.29 is 43.2 Å². The molecule has 9 heteroatoms. The van der Waals surface area contributed by atoms with Crippen LogP contribution in [0.15, 0.2) is 24.0 Å². The summed E-state index contributed by atoms with van der Waals surface area (Å²) < 4.78 is 27.8. The Morgan fingerprint density at radius 3 is 1.70 bits per heavy atom. The van der Waals surface area contributed by atoms with E-state index in [1.54, 1.807) is 7.11 Å². The molecule has 0 saturated carbocycles. The molecule has 2 aliphatic rings. The average Bonchev–Trinajstić information content (AvgIpc) is 2.52. The first-order valence-electron chi connectivity index (χ1n) is 7.12. The van der Waals surface area contributed by atoms with Crippen LogP contribution in [0, 0.1) is 0 Å². The Labute approximate surface area is 134 Å². The van der Waals surface area contributed by atoms with Crippen molar-refractivity contribution in [1.29, 1.82) is 0 Å². The van der Waals surface area contributed by atoms with Crippen LogP contribution in [-0.2, 0) is 43.2 Å². The minimum atomic E-state index is -0.585. The Hall–Kier alpha value is -1.52. The second-order valence-electron chi connectivity index (χ2n) is 4.57. The molecule has 0 bridgehead atoms. The summed E-state index contributed by atoms with van der Waals surface area (Å²) in [5.74, 6) is 0.796. The molecule has 2 rings (SSSR count). The lowest BCUT2D eigenvalue weighted by atomic mass is 10.0. The van der Waals surface area contributed by atoms with E-state index in [1.807, 2.05) is 0 Å². The third kappa shape index (κ3) is 4.72. The summed E-state index contributed by atoms with van der Waals surface area (Å²) in [5, 5.41) is 0. The van der Waals surface area contributed by atoms with Crippen LogP contribution in [0.1, 0.15) is 0 Å². The maximum atomic E-state index is 5.80. The fraction of sp³-hybridized carbons (Fsp3) is 0.714. The number of methoxy groups -OCH3 is 3. The molecule has 0 amide bonds. The van der Waals surface area contributed by atoms with Crippen molar-refractivity contribution in [3.05, 3.63) is 24.0 Å². The number of rotatable bonds is 5. The summed E-state index contributed by atoms with van der Waals surface area (Å²) in [6.45, 7) is 1.14. The van der Waals surface area contributed by atoms with Crippen molar-refractivity contribution >= 4 is 0 Å². The molecule has 2 heterocycles. The van der Waals surface area contributed by atoms with Gasteiger partial charge in [-0.25, -0.2) is 0 Å². The molecular weight excluding hydrogens is 312 g/mol. The zero-order valence-corrected chi connectivity index (χ0v) is 13.4. The standard InChI is InChI=1S/C14H22O9/c1-15-10-8-22-20-6-4-18-12(10)14(17-3)13-11(16-2)9-23-21-7-5-19-13/h8-9,12-14H,4-7H2,1-3H3/b10-8-,11-9?. The van der Waals surface area contributed by atoms with E-state index in [2.05, 4.69) is 0 Å². The lowest BCUT2D eigenvalue weighted by molar-refractivity contribution is -0.276. The van der Waals surface area contributed by atoms with E-state index >= 15 is 0 Å². The predicted molar refractivity (Wildman–Crippen MR) is 74.5 cm³/mol. The molecule has 0 aromatic rings. The van der Waals surface area contributed by atoms with Crippen LogP contribution in [0.2, 0.25) is 0 Å². The van der Waals surface area contributed by atoms with Gasteiger partial charge in [-0.1, -0.05) is 0 Å². The molecule has 2 aliphatic heterocycles. The molecule has 23 heavy (non-hydrogen) atoms. The van der Waals surface area contributed by atoms with Crippen molar-refractivity contribution in [3.8, 4) is 0 Å². The highest BCUT2D eigenvalue weighted by atomic mass is 17.2. The number of ether oxygens (including phenoxy) is 5. The summed E-state index contributed by atoms with van der Waals surface area (Å²) in [5.41, 5.74) is 0. The molecule has 0 saturated heterocycles. The molecule has 0 radical (unpaired) electrons. The quantitative estimate of drug-likeness (QED) is 0.674. The normalized spacial score (nSPS) is 29.9. The van der Waals surface area contributed by atoms with E-state index in [9.17, 15) is 0 Å². The summed E-state index contributed by atoms with van der Waals surface area (Å²) in [7, 11) is 4.55. The first-order chi connectivity index (χ1) is 11.3. The van der Waals surface area contributed by atoms with Crippen LogP contribution in [0.4, 0.5) is 0 Å². The highest BCUT2D eigenvalue weighted by Crippen LogP contribution is 2.25. The summed E-state index contributed by atoms with van der Waals surface area (Å²) in [6, 6.07) is 0. The predicted octanol–water partition coefficient (Wildman–Crippen LogP) is 0.671. The van der Waals surface area contributed by atoms with Gasteiger partial charge in [0.2, 0.25) is 0 Å². The molecule has 132 valence electrons. The third-order valence-electron chi connectivity index (χ3n) is 3.29. The van der Waals surface area contributed by atoms with Gasteiger partial charge in [-0.15, -0.1) is 0 Å². The Morgan fingerprint density at radius 1 is 0.826 bits per heavy atom. The van der Waals surface area contributed by atoms with Gasteiger partial charge in [0, 0.05) is 7.11 Å². The van der Waals surface area contributed by atoms with Gasteiger partial charge in [0.25, 0.3) is 0 Å². The van der Waals surface area contributed by atoms with E-state index in [4.69, 9.17) is 43.2 Å². The fourth-order valence-electron chi connectivity index (χ4n) is 2.22. The van der Waals surface area contributed by atoms with Gasteiger partial charge in [-0.05, 0) is 0 Å². The van der Waals surface area contributed by atoms with Gasteiger partial charge in [0.1, 0.15) is 31.5 Å². The van der Waals surface area contributed by atoms with Crippen LogP contribution in [0.5, 0.6) is 0 Å². The van der Waals surface area contributed by atoms with Crippen molar-refractivity contribution in [2.75, 3.05) is 47.8 Å². The van der Waals surface area contributed by atoms with Gasteiger partial charge in [0.05, 0.1) is 27.4 Å². The van der Waals surface area contributed by atoms with E-state index in [0.29, 0.717) is 24.7 Å². The second kappa shape index (κ2) is 9.58. The molecule has 3 unspecified atom stereocenters. The molecule has 3 atom stereocenters. The highest BCUT2D eigenvalue weighted by molar-refractivity contribution is 5.10. The Bertz CT molecular complexity index is 373. The minimum absolute atomic E-state index is 0.274. The molecule has 0 aromatic heterocycles. The van der Waals surface area contributed by atoms with E-state index in [0.717, 1.165) is 0 Å². The van der Waals surface area contributed by atoms with Crippen LogP contribution >= 0.6 is 0 Å². The maximum absolute atomic E-state index is 5.80. The van der Waals surface area contributed by atoms with Crippen molar-refractivity contribution in [3.63, 3.8) is 0 Å². The molecular formula is C14H22O9. The van der Waals surface area contributed by atoms with E-state index < -0.39 is 18.3 Å². The van der Waals surface area contributed by atoms with Crippen molar-refractivity contribution in [1.82, 2.24) is 0 Å². The summed E-state index contributed by atoms with van der Waals surface area (Å²) in [6.07, 6.45) is 0.912. The molecule has 9 nitrogen and oxygen atoms in total. The zero-order chi connectivity index (χ0) is 16.5. The Balaban J connectivity index is 2.26. The zero-order valence-electron chi connectivity index (χ0n) is 13.4. The van der Waals surface area contributed by atoms with Crippen LogP contribution in [0.25, 0.3) is 0 Å². The van der Waals surface area contributed by atoms with E-state index in [-0.39, 0.29) is 13.2 Å². The number of hydrogen-bond acceptors (Lipinski definition) is 9. The SMILES string of the molecule is COC1=COOCCOC1C(OC)C1OCCOO/C=C/1OC. The van der Waals surface area contributed by atoms with Crippen molar-refractivity contribution in [2.45, 2.75) is 18.3 Å². The topological polar surface area (TPSA) is 83.1 Å². The Morgan fingerprint density at radius 2 is 1.30 bits per heavy atom. The fourth-order valence-corrected chi connectivity index (χ4v) is 2.22. The summed E-state index contributed by atoms with van der Waals surface area (Å²) >= 11 is 0. The molecule has 0 spiro atoms. The Kier molecular flexibility index (Phi) is 7.43. The maximum Gasteiger partial charge on any atom is 0.170 e. The lowest BCUT2D eigenvalue weighted by Gasteiger charge is -2.34. The van der Waals surface area contributed by atoms with Crippen molar-refractivity contribution in [2.24, 2.45) is 0 Å². The third-order valence-corrected chi connectivity index (χ3v) is 3.29. The van der Waals surface area contributed by atoms with Gasteiger partial charge in [-0.3, -0.25) is 0 Å². The average molecular weight is 334 g/mol. The molecule has 0 N–H and O–H groups in total. The molecule has 0 aromatic carbocycles. The minimum Gasteiger partial charge on any atom is -0.495 e. The number of hydrogen-bond donors (Lipinski definition) is 0. The van der Waals surface area contributed by atoms with Gasteiger partial charge >= 0.3 is 0 Å². The summed E-state index contributed by atoms with van der Waals surface area (Å²) in [4.78, 5) is 19.6. The monoisotopic (exact) mass is 334 g/mol. The highest BCUT2D eigenvalue weighted by Gasteiger charge is 2.39. The molecule has 0 aliphatic carbocycles. The van der Waals surface area contributed by atoms with Gasteiger partial charge in [-0.2, -0.15) is 9.78 Å². The van der Waals surface area contributed by atoms with Crippen LogP contribution in [0.3, 0.4) is 0 Å². The first-order valence-corrected chi connectivity index (χ1v) is 7.12. The van der Waals surface area contributed by atoms with Crippen LogP contribution in [-0.4, -0.2) is 66.1 Å². The second-order valence-corrected chi connectivity index (χ2v) is 4.57. The lowest BCUT2D eigenvalue weighted by Crippen LogP contribution is -2.46. The largest absolute Gasteiger partial charge is 0.495 e.